The van der Waals surface area contributed by atoms with Gasteiger partial charge in [-0.05, 0) is 99.1 Å². The normalized spacial score (nSPS) is 17.5. The molecule has 70 heavy (non-hydrogen) atoms. The van der Waals surface area contributed by atoms with Crippen molar-refractivity contribution in [3.8, 4) is 11.8 Å². The van der Waals surface area contributed by atoms with Gasteiger partial charge in [0.25, 0.3) is 26.1 Å². The number of aliphatic imine (C=N–C) groups is 1. The van der Waals surface area contributed by atoms with Crippen LogP contribution in [0.5, 0.6) is 11.8 Å². The third-order valence-corrected chi connectivity index (χ3v) is 15.9. The highest BCUT2D eigenvalue weighted by atomic mass is 32.3. The number of benzene rings is 1. The Balaban J connectivity index is 1.27. The third-order valence-electron chi connectivity index (χ3n) is 11.9. The molecule has 0 saturated heterocycles. The number of carbonyl (C=O) groups excluding carboxylic acids is 2. The largest absolute Gasteiger partial charge is 0.492 e. The van der Waals surface area contributed by atoms with Crippen LogP contribution in [0.3, 0.4) is 0 Å². The summed E-state index contributed by atoms with van der Waals surface area (Å²) < 4.78 is 103. The van der Waals surface area contributed by atoms with Crippen molar-refractivity contribution in [2.24, 2.45) is 4.99 Å². The van der Waals surface area contributed by atoms with Crippen molar-refractivity contribution in [1.82, 2.24) is 9.79 Å². The Morgan fingerprint density at radius 3 is 2.17 bits per heavy atom. The zero-order valence-corrected chi connectivity index (χ0v) is 42.1. The van der Waals surface area contributed by atoms with Crippen molar-refractivity contribution in [2.75, 3.05) is 31.4 Å². The van der Waals surface area contributed by atoms with E-state index >= 15 is 0 Å². The summed E-state index contributed by atoms with van der Waals surface area (Å²) in [6.45, 7) is 6.26. The van der Waals surface area contributed by atoms with Crippen LogP contribution in [0.1, 0.15) is 79.2 Å². The van der Waals surface area contributed by atoms with Gasteiger partial charge in [0.15, 0.2) is 5.71 Å². The fraction of sp³-hybridized carbons (Fsp3) is 0.348. The lowest BCUT2D eigenvalue weighted by molar-refractivity contribution is -0.684. The number of hydrogen-bond acceptors (Lipinski definition) is 15. The van der Waals surface area contributed by atoms with Gasteiger partial charge in [0.2, 0.25) is 11.8 Å². The first-order chi connectivity index (χ1) is 32.7. The molecule has 0 saturated carbocycles. The highest BCUT2D eigenvalue weighted by molar-refractivity contribution is 7.88. The second kappa shape index (κ2) is 21.2. The van der Waals surface area contributed by atoms with E-state index in [2.05, 4.69) is 0 Å². The minimum atomic E-state index is -4.65. The SMILES string of the molecule is CON(C)C(=O)c1cc2c([n+](CCCS(=O)(=O)O)c1)N=C(C=CC=CC=CC=C1N(CCCCCC(=O)On3c(O)ccc3O)c3ccc(S(=O)(=O)O)cc3C1(C)Cc1ccc(S(=O)(=O)O)s1)C2(C)C. The number of aromatic nitrogens is 2. The topological polar surface area (TPSA) is 284 Å². The maximum atomic E-state index is 13.2. The summed E-state index contributed by atoms with van der Waals surface area (Å²) in [6.07, 6.45) is 15.7. The van der Waals surface area contributed by atoms with Crippen LogP contribution in [0.25, 0.3) is 0 Å². The van der Waals surface area contributed by atoms with Gasteiger partial charge in [0.1, 0.15) is 10.4 Å². The molecule has 0 spiro atoms. The fourth-order valence-corrected chi connectivity index (χ4v) is 11.1. The van der Waals surface area contributed by atoms with Crippen LogP contribution in [-0.4, -0.2) is 103 Å². The number of carbonyl (C=O) groups is 2. The zero-order chi connectivity index (χ0) is 51.4. The number of aryl methyl sites for hydroxylation is 1. The van der Waals surface area contributed by atoms with Crippen LogP contribution >= 0.6 is 11.3 Å². The lowest BCUT2D eigenvalue weighted by Crippen LogP contribution is -2.38. The number of nitrogens with zero attached hydrogens (tertiary/aromatic N) is 5. The number of anilines is 1. The Kier molecular flexibility index (Phi) is 16.1. The average molecular weight is 1050 g/mol. The first kappa shape index (κ1) is 53.4. The molecule has 5 N–H and O–H groups in total. The first-order valence-electron chi connectivity index (χ1n) is 21.7. The molecule has 0 aliphatic carbocycles. The van der Waals surface area contributed by atoms with Crippen LogP contribution < -0.4 is 14.3 Å². The second-order valence-electron chi connectivity index (χ2n) is 17.2. The Bertz CT molecular complexity index is 3150. The van der Waals surface area contributed by atoms with Crippen LogP contribution in [0.2, 0.25) is 0 Å². The molecule has 1 atom stereocenters. The third kappa shape index (κ3) is 12.3. The summed E-state index contributed by atoms with van der Waals surface area (Å²) in [4.78, 5) is 42.9. The Hall–Kier alpha value is -5.99. The molecule has 2 aliphatic heterocycles. The molecular formula is C46H54N5O15S4+. The van der Waals surface area contributed by atoms with Gasteiger partial charge < -0.3 is 20.0 Å². The van der Waals surface area contributed by atoms with Crippen molar-refractivity contribution < 1.29 is 73.0 Å². The van der Waals surface area contributed by atoms with E-state index in [0.717, 1.165) is 16.4 Å². The standard InChI is InChI=1S/C46H53N5O15S4/c1-45(2)35-27-31(44(55)48(4)65-5)30-49(24-14-26-68(56,57)58)43(35)47-37(45)15-10-7-6-8-11-16-38-46(3,29-32-18-23-42(67-32)70(62,63)64)34-28-33(69(59,60)61)19-20-36(34)50(38)25-13-9-12-17-41(54)66-51-39(52)21-22-40(51)53/h6-8,10-11,15-16,18-23,27-28,30H,9,12-14,17,24-26,29H2,1-5H3,(H4-,52,53,56,57,58,59,60,61,62,63,64)/p+1. The van der Waals surface area contributed by atoms with Gasteiger partial charge in [-0.1, -0.05) is 36.8 Å². The van der Waals surface area contributed by atoms with E-state index in [1.165, 1.54) is 44.5 Å². The number of aromatic hydroxyl groups is 2. The molecule has 1 aromatic carbocycles. The predicted octanol–water partition coefficient (Wildman–Crippen LogP) is 5.81. The van der Waals surface area contributed by atoms with Crippen molar-refractivity contribution >= 4 is 70.8 Å². The summed E-state index contributed by atoms with van der Waals surface area (Å²) in [5, 5.41) is 20.7. The van der Waals surface area contributed by atoms with E-state index in [1.54, 1.807) is 59.3 Å². The molecule has 0 radical (unpaired) electrons. The molecule has 376 valence electrons. The Labute approximate surface area is 410 Å². The van der Waals surface area contributed by atoms with Gasteiger partial charge in [0.05, 0.1) is 40.8 Å². The van der Waals surface area contributed by atoms with Crippen molar-refractivity contribution in [1.29, 1.82) is 0 Å². The molecule has 1 amide bonds. The van der Waals surface area contributed by atoms with E-state index in [1.807, 2.05) is 37.8 Å². The van der Waals surface area contributed by atoms with Crippen LogP contribution in [0.15, 0.2) is 117 Å². The second-order valence-corrected chi connectivity index (χ2v) is 23.0. The smallest absolute Gasteiger partial charge is 0.333 e. The highest BCUT2D eigenvalue weighted by Gasteiger charge is 2.45. The number of hydrogen-bond donors (Lipinski definition) is 5. The highest BCUT2D eigenvalue weighted by Crippen LogP contribution is 2.51. The van der Waals surface area contributed by atoms with Crippen molar-refractivity contribution in [3.05, 3.63) is 125 Å². The van der Waals surface area contributed by atoms with Gasteiger partial charge in [-0.2, -0.15) is 25.3 Å². The van der Waals surface area contributed by atoms with E-state index in [-0.39, 0.29) is 40.5 Å². The van der Waals surface area contributed by atoms with Gasteiger partial charge in [-0.15, -0.1) is 16.1 Å². The number of fused-ring (bicyclic) bond motifs is 2. The van der Waals surface area contributed by atoms with Crippen molar-refractivity contribution in [2.45, 2.75) is 85.8 Å². The maximum absolute atomic E-state index is 13.2. The predicted molar refractivity (Wildman–Crippen MR) is 259 cm³/mol. The molecule has 0 fully saturated rings. The molecule has 20 nitrogen and oxygen atoms in total. The number of unbranched alkanes of at least 4 members (excludes halogenated alkanes) is 2. The minimum absolute atomic E-state index is 0.0319. The molecule has 1 unspecified atom stereocenters. The van der Waals surface area contributed by atoms with Crippen LogP contribution in [-0.2, 0) is 63.8 Å². The molecule has 3 aromatic heterocycles. The summed E-state index contributed by atoms with van der Waals surface area (Å²) in [7, 11) is -10.6. The van der Waals surface area contributed by atoms with Gasteiger partial charge >= 0.3 is 21.9 Å². The number of rotatable bonds is 21. The summed E-state index contributed by atoms with van der Waals surface area (Å²) in [6, 6.07) is 11.2. The lowest BCUT2D eigenvalue weighted by atomic mass is 9.78. The zero-order valence-electron chi connectivity index (χ0n) is 38.8. The first-order valence-corrected chi connectivity index (χ1v) is 27.0. The van der Waals surface area contributed by atoms with E-state index in [9.17, 15) is 58.7 Å². The molecule has 5 heterocycles. The van der Waals surface area contributed by atoms with E-state index < -0.39 is 70.6 Å². The van der Waals surface area contributed by atoms with E-state index in [4.69, 9.17) is 14.7 Å². The summed E-state index contributed by atoms with van der Waals surface area (Å²) >= 11 is 0.866. The van der Waals surface area contributed by atoms with Gasteiger partial charge in [-0.3, -0.25) is 23.3 Å². The summed E-state index contributed by atoms with van der Waals surface area (Å²) in [5.74, 6) is -1.97. The molecule has 0 bridgehead atoms. The van der Waals surface area contributed by atoms with Crippen molar-refractivity contribution in [3.63, 3.8) is 0 Å². The Morgan fingerprint density at radius 1 is 0.843 bits per heavy atom. The van der Waals surface area contributed by atoms with Gasteiger partial charge in [-0.25, -0.2) is 14.4 Å². The van der Waals surface area contributed by atoms with E-state index in [0.29, 0.717) is 69.5 Å². The summed E-state index contributed by atoms with van der Waals surface area (Å²) in [5.41, 5.74) is 1.77. The quantitative estimate of drug-likeness (QED) is 0.0217. The molecule has 24 heteroatoms. The number of allylic oxidation sites excluding steroid dienone is 8. The molecule has 2 aliphatic rings. The molecule has 4 aromatic rings. The van der Waals surface area contributed by atoms with Crippen LogP contribution in [0.4, 0.5) is 11.5 Å². The number of hydroxylamine groups is 2. The lowest BCUT2D eigenvalue weighted by Gasteiger charge is -2.30. The van der Waals surface area contributed by atoms with Gasteiger partial charge in [0, 0.05) is 60.2 Å². The number of amides is 1. The minimum Gasteiger partial charge on any atom is -0.492 e. The molecular weight excluding hydrogens is 991 g/mol. The number of thiophene rings is 1. The fourth-order valence-electron chi connectivity index (χ4n) is 8.24. The Morgan fingerprint density at radius 2 is 1.53 bits per heavy atom. The molecule has 6 rings (SSSR count). The number of pyridine rings is 1. The average Bonchev–Trinajstić information content (AvgIpc) is 4.01. The monoisotopic (exact) mass is 1040 g/mol. The maximum Gasteiger partial charge on any atom is 0.333 e. The van der Waals surface area contributed by atoms with Crippen LogP contribution in [0, 0.1) is 0 Å².